The van der Waals surface area contributed by atoms with Crippen molar-refractivity contribution in [1.29, 1.82) is 0 Å². The van der Waals surface area contributed by atoms with E-state index in [0.717, 1.165) is 0 Å². The van der Waals surface area contributed by atoms with Gasteiger partial charge in [-0.2, -0.15) is 0 Å². The van der Waals surface area contributed by atoms with Crippen molar-refractivity contribution >= 4 is 24.3 Å². The van der Waals surface area contributed by atoms with Crippen LogP contribution in [0.4, 0.5) is 4.79 Å². The molecule has 1 heterocycles. The molecule has 0 atom stereocenters. The first-order chi connectivity index (χ1) is 7.19. The second kappa shape index (κ2) is 7.29. The summed E-state index contributed by atoms with van der Waals surface area (Å²) in [6.45, 7) is 4.86. The van der Waals surface area contributed by atoms with Gasteiger partial charge >= 0.3 is 6.03 Å². The largest absolute Gasteiger partial charge is 0.338 e. The van der Waals surface area contributed by atoms with Gasteiger partial charge in [0.05, 0.1) is 6.54 Å². The molecule has 0 aliphatic carbocycles. The number of hydrogen-bond acceptors (Lipinski definition) is 3. The Bertz CT molecular complexity index is 242. The van der Waals surface area contributed by atoms with Crippen LogP contribution in [0.5, 0.6) is 0 Å². The predicted molar refractivity (Wildman–Crippen MR) is 63.5 cm³/mol. The summed E-state index contributed by atoms with van der Waals surface area (Å²) in [4.78, 5) is 26.1. The van der Waals surface area contributed by atoms with E-state index in [1.54, 1.807) is 9.80 Å². The second-order valence-corrected chi connectivity index (χ2v) is 3.41. The quantitative estimate of drug-likeness (QED) is 0.676. The van der Waals surface area contributed by atoms with E-state index < -0.39 is 0 Å². The summed E-state index contributed by atoms with van der Waals surface area (Å²) in [6, 6.07) is -0.0580. The molecule has 0 radical (unpaired) electrons. The highest BCUT2D eigenvalue weighted by atomic mass is 35.5. The lowest BCUT2D eigenvalue weighted by molar-refractivity contribution is -0.131. The van der Waals surface area contributed by atoms with Crippen LogP contribution in [0.15, 0.2) is 0 Å². The zero-order chi connectivity index (χ0) is 11.3. The molecule has 1 saturated heterocycles. The molecular weight excluding hydrogens is 232 g/mol. The van der Waals surface area contributed by atoms with Gasteiger partial charge in [0.25, 0.3) is 0 Å². The van der Waals surface area contributed by atoms with Crippen LogP contribution in [0, 0.1) is 0 Å². The van der Waals surface area contributed by atoms with E-state index in [-0.39, 0.29) is 30.9 Å². The Morgan fingerprint density at radius 3 is 2.12 bits per heavy atom. The molecule has 0 saturated carbocycles. The third-order valence-corrected chi connectivity index (χ3v) is 2.42. The molecule has 0 unspecified atom stereocenters. The van der Waals surface area contributed by atoms with Gasteiger partial charge in [-0.05, 0) is 6.92 Å². The third-order valence-electron chi connectivity index (χ3n) is 2.42. The number of urea groups is 1. The Hall–Kier alpha value is -1.01. The van der Waals surface area contributed by atoms with E-state index >= 15 is 0 Å². The van der Waals surface area contributed by atoms with Gasteiger partial charge in [0.1, 0.15) is 0 Å². The van der Waals surface area contributed by atoms with E-state index in [0.29, 0.717) is 32.7 Å². The zero-order valence-corrected chi connectivity index (χ0v) is 10.3. The zero-order valence-electron chi connectivity index (χ0n) is 9.44. The number of hydrogen-bond donors (Lipinski definition) is 2. The third kappa shape index (κ3) is 3.86. The summed E-state index contributed by atoms with van der Waals surface area (Å²) in [5, 5.41) is 2.73. The average molecular weight is 251 g/mol. The fraction of sp³-hybridized carbons (Fsp3) is 0.778. The monoisotopic (exact) mass is 250 g/mol. The second-order valence-electron chi connectivity index (χ2n) is 3.41. The number of carbonyl (C=O) groups excluding carboxylic acids is 2. The lowest BCUT2D eigenvalue weighted by Gasteiger charge is -2.34. The minimum Gasteiger partial charge on any atom is -0.338 e. The number of halogens is 1. The maximum Gasteiger partial charge on any atom is 0.317 e. The molecule has 3 amide bonds. The maximum atomic E-state index is 11.4. The Kier molecular flexibility index (Phi) is 6.83. The van der Waals surface area contributed by atoms with Crippen molar-refractivity contribution in [3.05, 3.63) is 0 Å². The van der Waals surface area contributed by atoms with Gasteiger partial charge in [-0.25, -0.2) is 4.79 Å². The van der Waals surface area contributed by atoms with Crippen LogP contribution in [0.3, 0.4) is 0 Å². The molecule has 94 valence electrons. The highest BCUT2D eigenvalue weighted by molar-refractivity contribution is 5.85. The number of nitrogens with two attached hydrogens (primary N) is 1. The molecule has 0 aromatic rings. The Morgan fingerprint density at radius 2 is 1.69 bits per heavy atom. The molecule has 1 rings (SSSR count). The van der Waals surface area contributed by atoms with Gasteiger partial charge in [-0.3, -0.25) is 4.79 Å². The molecule has 0 spiro atoms. The van der Waals surface area contributed by atoms with Gasteiger partial charge in [0.2, 0.25) is 5.91 Å². The fourth-order valence-corrected chi connectivity index (χ4v) is 1.55. The van der Waals surface area contributed by atoms with Crippen molar-refractivity contribution in [1.82, 2.24) is 15.1 Å². The van der Waals surface area contributed by atoms with Crippen LogP contribution in [0.1, 0.15) is 6.92 Å². The Balaban J connectivity index is 0.00000225. The van der Waals surface area contributed by atoms with E-state index in [1.165, 1.54) is 0 Å². The smallest absolute Gasteiger partial charge is 0.317 e. The average Bonchev–Trinajstić information content (AvgIpc) is 2.28. The predicted octanol–water partition coefficient (Wildman–Crippen LogP) is -0.759. The molecular formula is C9H19ClN4O2. The normalized spacial score (nSPS) is 15.4. The Morgan fingerprint density at radius 1 is 1.19 bits per heavy atom. The number of carbonyl (C=O) groups is 2. The van der Waals surface area contributed by atoms with Crippen LogP contribution in [-0.2, 0) is 4.79 Å². The summed E-state index contributed by atoms with van der Waals surface area (Å²) in [5.74, 6) is -0.0504. The van der Waals surface area contributed by atoms with Crippen molar-refractivity contribution in [2.75, 3.05) is 39.3 Å². The first-order valence-electron chi connectivity index (χ1n) is 5.19. The standard InChI is InChI=1S/C9H18N4O2.ClH/c1-2-11-9(15)13-5-3-12(4-6-13)8(14)7-10;/h2-7,10H2,1H3,(H,11,15);1H. The van der Waals surface area contributed by atoms with Crippen molar-refractivity contribution in [3.63, 3.8) is 0 Å². The molecule has 0 aromatic heterocycles. The molecule has 16 heavy (non-hydrogen) atoms. The van der Waals surface area contributed by atoms with Gasteiger partial charge in [0, 0.05) is 32.7 Å². The summed E-state index contributed by atoms with van der Waals surface area (Å²) in [7, 11) is 0. The van der Waals surface area contributed by atoms with Gasteiger partial charge in [-0.1, -0.05) is 0 Å². The molecule has 7 heteroatoms. The number of rotatable bonds is 2. The minimum absolute atomic E-state index is 0. The molecule has 0 bridgehead atoms. The molecule has 3 N–H and O–H groups in total. The van der Waals surface area contributed by atoms with E-state index in [1.807, 2.05) is 6.92 Å². The fourth-order valence-electron chi connectivity index (χ4n) is 1.55. The Labute approximate surface area is 102 Å². The highest BCUT2D eigenvalue weighted by Gasteiger charge is 2.22. The number of nitrogens with one attached hydrogen (secondary N) is 1. The van der Waals surface area contributed by atoms with Crippen LogP contribution in [0.25, 0.3) is 0 Å². The first-order valence-corrected chi connectivity index (χ1v) is 5.19. The molecule has 1 aliphatic heterocycles. The first kappa shape index (κ1) is 15.0. The number of amides is 3. The van der Waals surface area contributed by atoms with E-state index in [2.05, 4.69) is 5.32 Å². The number of piperazine rings is 1. The molecule has 1 aliphatic rings. The van der Waals surface area contributed by atoms with Crippen molar-refractivity contribution in [2.45, 2.75) is 6.92 Å². The van der Waals surface area contributed by atoms with E-state index in [9.17, 15) is 9.59 Å². The molecule has 6 nitrogen and oxygen atoms in total. The van der Waals surface area contributed by atoms with Crippen molar-refractivity contribution in [3.8, 4) is 0 Å². The summed E-state index contributed by atoms with van der Waals surface area (Å²) in [5.41, 5.74) is 5.26. The molecule has 1 fully saturated rings. The van der Waals surface area contributed by atoms with Gasteiger partial charge < -0.3 is 20.9 Å². The molecule has 0 aromatic carbocycles. The van der Waals surface area contributed by atoms with Gasteiger partial charge in [0.15, 0.2) is 0 Å². The van der Waals surface area contributed by atoms with Crippen LogP contribution >= 0.6 is 12.4 Å². The van der Waals surface area contributed by atoms with Crippen molar-refractivity contribution in [2.24, 2.45) is 5.73 Å². The van der Waals surface area contributed by atoms with Gasteiger partial charge in [-0.15, -0.1) is 12.4 Å². The summed E-state index contributed by atoms with van der Waals surface area (Å²) < 4.78 is 0. The van der Waals surface area contributed by atoms with Crippen LogP contribution < -0.4 is 11.1 Å². The lowest BCUT2D eigenvalue weighted by Crippen LogP contribution is -2.54. The minimum atomic E-state index is -0.0580. The van der Waals surface area contributed by atoms with E-state index in [4.69, 9.17) is 5.73 Å². The van der Waals surface area contributed by atoms with Crippen molar-refractivity contribution < 1.29 is 9.59 Å². The summed E-state index contributed by atoms with van der Waals surface area (Å²) >= 11 is 0. The SMILES string of the molecule is CCNC(=O)N1CCN(C(=O)CN)CC1.Cl. The highest BCUT2D eigenvalue weighted by Crippen LogP contribution is 2.01. The van der Waals surface area contributed by atoms with Crippen LogP contribution in [-0.4, -0.2) is 61.0 Å². The topological polar surface area (TPSA) is 78.7 Å². The maximum absolute atomic E-state index is 11.4. The lowest BCUT2D eigenvalue weighted by atomic mass is 10.3. The summed E-state index contributed by atoms with van der Waals surface area (Å²) in [6.07, 6.45) is 0. The van der Waals surface area contributed by atoms with Crippen LogP contribution in [0.2, 0.25) is 0 Å². The number of nitrogens with zero attached hydrogens (tertiary/aromatic N) is 2.